The van der Waals surface area contributed by atoms with Crippen LogP contribution in [0.25, 0.3) is 11.4 Å². The number of hydrogen-bond acceptors (Lipinski definition) is 5. The Labute approximate surface area is 375 Å². The number of amides is 1. The van der Waals surface area contributed by atoms with Crippen LogP contribution in [-0.4, -0.2) is 12.2 Å². The first-order valence-corrected chi connectivity index (χ1v) is 21.5. The second-order valence-corrected chi connectivity index (χ2v) is 16.2. The summed E-state index contributed by atoms with van der Waals surface area (Å²) in [6.45, 7) is 8.34. The van der Waals surface area contributed by atoms with Crippen LogP contribution in [0.3, 0.4) is 0 Å². The third-order valence-electron chi connectivity index (χ3n) is 11.6. The maximum absolute atomic E-state index is 15.3. The number of carbonyl (C=O) groups is 2. The summed E-state index contributed by atoms with van der Waals surface area (Å²) in [4.78, 5) is 35.1. The van der Waals surface area contributed by atoms with E-state index in [0.717, 1.165) is 57.2 Å². The number of aryl methyl sites for hydroxylation is 4. The molecule has 6 heteroatoms. The minimum absolute atomic E-state index is 0.282. The Morgan fingerprint density at radius 1 is 0.453 bits per heavy atom. The van der Waals surface area contributed by atoms with Crippen molar-refractivity contribution < 1.29 is 9.59 Å². The molecule has 9 rings (SSSR count). The van der Waals surface area contributed by atoms with E-state index in [1.54, 1.807) is 4.90 Å². The maximum atomic E-state index is 15.3. The normalized spacial score (nSPS) is 13.2. The Bertz CT molecular complexity index is 2890. The third-order valence-corrected chi connectivity index (χ3v) is 11.6. The highest BCUT2D eigenvalue weighted by molar-refractivity contribution is 6.31. The summed E-state index contributed by atoms with van der Waals surface area (Å²) in [6, 6.07) is 69.4. The lowest BCUT2D eigenvalue weighted by molar-refractivity contribution is -0.114. The van der Waals surface area contributed by atoms with Gasteiger partial charge in [-0.15, -0.1) is 0 Å². The molecule has 0 saturated heterocycles. The number of rotatable bonds is 12. The molecule has 0 bridgehead atoms. The predicted octanol–water partition coefficient (Wildman–Crippen LogP) is 14.3. The van der Waals surface area contributed by atoms with Crippen molar-refractivity contribution in [2.45, 2.75) is 27.7 Å². The molecule has 1 aliphatic rings. The Balaban J connectivity index is 1.20. The van der Waals surface area contributed by atoms with E-state index in [2.05, 4.69) is 164 Å². The predicted molar refractivity (Wildman–Crippen MR) is 265 cm³/mol. The summed E-state index contributed by atoms with van der Waals surface area (Å²) < 4.78 is 0. The Hall–Kier alpha value is -8.22. The number of hydrogen-bond donors (Lipinski definition) is 1. The van der Waals surface area contributed by atoms with Crippen LogP contribution in [0.5, 0.6) is 0 Å². The second kappa shape index (κ2) is 18.0. The van der Waals surface area contributed by atoms with E-state index in [1.165, 1.54) is 22.3 Å². The van der Waals surface area contributed by atoms with Crippen LogP contribution in [0, 0.1) is 27.7 Å². The van der Waals surface area contributed by atoms with Crippen molar-refractivity contribution in [2.24, 2.45) is 0 Å². The van der Waals surface area contributed by atoms with Gasteiger partial charge in [0, 0.05) is 45.5 Å². The highest BCUT2D eigenvalue weighted by Crippen LogP contribution is 2.44. The number of aldehydes is 1. The molecule has 1 amide bonds. The third kappa shape index (κ3) is 8.37. The van der Waals surface area contributed by atoms with Gasteiger partial charge < -0.3 is 15.1 Å². The monoisotopic (exact) mass is 832 g/mol. The van der Waals surface area contributed by atoms with Crippen LogP contribution in [0.2, 0.25) is 0 Å². The van der Waals surface area contributed by atoms with Gasteiger partial charge in [0.15, 0.2) is 6.29 Å². The molecule has 312 valence electrons. The summed E-state index contributed by atoms with van der Waals surface area (Å²) in [5.41, 5.74) is 15.2. The largest absolute Gasteiger partial charge is 0.354 e. The molecule has 0 spiro atoms. The maximum Gasteiger partial charge on any atom is 0.265 e. The molecule has 64 heavy (non-hydrogen) atoms. The van der Waals surface area contributed by atoms with Gasteiger partial charge in [-0.2, -0.15) is 0 Å². The molecular formula is C58H48N4O2. The number of nitrogens with zero attached hydrogens (tertiary/aromatic N) is 3. The van der Waals surface area contributed by atoms with Crippen LogP contribution in [0.4, 0.5) is 45.5 Å². The molecule has 0 fully saturated rings. The van der Waals surface area contributed by atoms with Gasteiger partial charge in [-0.1, -0.05) is 131 Å². The lowest BCUT2D eigenvalue weighted by Gasteiger charge is -2.26. The molecule has 0 atom stereocenters. The second-order valence-electron chi connectivity index (χ2n) is 16.2. The minimum Gasteiger partial charge on any atom is -0.354 e. The summed E-state index contributed by atoms with van der Waals surface area (Å²) >= 11 is 0. The van der Waals surface area contributed by atoms with E-state index < -0.39 is 0 Å². The Morgan fingerprint density at radius 2 is 0.812 bits per heavy atom. The van der Waals surface area contributed by atoms with Gasteiger partial charge in [-0.05, 0) is 136 Å². The SMILES string of the molecule is Cc1ccc(N(c2ccc(C)cc2)c2ccc(C3=C(C=O)/C(=C(\Nc4ccccc4)c4ccc(N(c5ccc(C)cc5)c5ccc(C)cc5)cc4)C(=O)N3c3ccccc3)cc2)cc1. The number of nitrogens with one attached hydrogen (secondary N) is 1. The molecule has 0 saturated carbocycles. The number of benzene rings is 8. The van der Waals surface area contributed by atoms with E-state index in [4.69, 9.17) is 0 Å². The topological polar surface area (TPSA) is 55.9 Å². The van der Waals surface area contributed by atoms with Gasteiger partial charge in [0.1, 0.15) is 0 Å². The number of anilines is 8. The van der Waals surface area contributed by atoms with Crippen LogP contribution in [0.1, 0.15) is 33.4 Å². The van der Waals surface area contributed by atoms with Crippen LogP contribution in [-0.2, 0) is 9.59 Å². The van der Waals surface area contributed by atoms with Crippen molar-refractivity contribution in [3.8, 4) is 0 Å². The van der Waals surface area contributed by atoms with E-state index >= 15 is 4.79 Å². The fourth-order valence-electron chi connectivity index (χ4n) is 8.19. The molecule has 8 aromatic rings. The van der Waals surface area contributed by atoms with Gasteiger partial charge in [-0.25, -0.2) is 0 Å². The fourth-order valence-corrected chi connectivity index (χ4v) is 8.19. The lowest BCUT2D eigenvalue weighted by atomic mass is 9.98. The molecule has 0 unspecified atom stereocenters. The lowest BCUT2D eigenvalue weighted by Crippen LogP contribution is -2.26. The van der Waals surface area contributed by atoms with Crippen LogP contribution >= 0.6 is 0 Å². The molecule has 0 aliphatic carbocycles. The van der Waals surface area contributed by atoms with E-state index in [1.807, 2.05) is 84.9 Å². The average Bonchev–Trinajstić information content (AvgIpc) is 3.63. The molecule has 0 radical (unpaired) electrons. The molecule has 1 aliphatic heterocycles. The van der Waals surface area contributed by atoms with Gasteiger partial charge in [0.05, 0.1) is 22.5 Å². The zero-order valence-corrected chi connectivity index (χ0v) is 36.4. The van der Waals surface area contributed by atoms with E-state index in [-0.39, 0.29) is 11.5 Å². The van der Waals surface area contributed by atoms with Gasteiger partial charge in [0.2, 0.25) is 0 Å². The summed E-state index contributed by atoms with van der Waals surface area (Å²) in [6.07, 6.45) is 0.821. The van der Waals surface area contributed by atoms with Gasteiger partial charge in [-0.3, -0.25) is 14.5 Å². The quantitative estimate of drug-likeness (QED) is 0.0982. The van der Waals surface area contributed by atoms with Crippen molar-refractivity contribution in [1.82, 2.24) is 0 Å². The van der Waals surface area contributed by atoms with Crippen molar-refractivity contribution >= 4 is 69.1 Å². The average molecular weight is 833 g/mol. The van der Waals surface area contributed by atoms with Crippen LogP contribution in [0.15, 0.2) is 217 Å². The first-order chi connectivity index (χ1) is 31.2. The van der Waals surface area contributed by atoms with Crippen molar-refractivity contribution in [3.05, 3.63) is 251 Å². The summed E-state index contributed by atoms with van der Waals surface area (Å²) in [5.74, 6) is -0.309. The van der Waals surface area contributed by atoms with Gasteiger partial charge in [0.25, 0.3) is 5.91 Å². The highest BCUT2D eigenvalue weighted by Gasteiger charge is 2.39. The zero-order valence-electron chi connectivity index (χ0n) is 36.4. The van der Waals surface area contributed by atoms with Crippen molar-refractivity contribution in [1.29, 1.82) is 0 Å². The van der Waals surface area contributed by atoms with E-state index in [0.29, 0.717) is 22.7 Å². The van der Waals surface area contributed by atoms with Crippen LogP contribution < -0.4 is 20.0 Å². The Morgan fingerprint density at radius 3 is 1.20 bits per heavy atom. The van der Waals surface area contributed by atoms with Crippen molar-refractivity contribution in [2.75, 3.05) is 20.0 Å². The molecule has 1 N–H and O–H groups in total. The molecular weight excluding hydrogens is 785 g/mol. The molecule has 6 nitrogen and oxygen atoms in total. The van der Waals surface area contributed by atoms with Gasteiger partial charge >= 0.3 is 0 Å². The minimum atomic E-state index is -0.309. The summed E-state index contributed by atoms with van der Waals surface area (Å²) in [7, 11) is 0. The smallest absolute Gasteiger partial charge is 0.265 e. The zero-order chi connectivity index (χ0) is 44.2. The highest BCUT2D eigenvalue weighted by atomic mass is 16.2. The first-order valence-electron chi connectivity index (χ1n) is 21.5. The van der Waals surface area contributed by atoms with Crippen molar-refractivity contribution in [3.63, 3.8) is 0 Å². The number of para-hydroxylation sites is 2. The molecule has 1 heterocycles. The Kier molecular flexibility index (Phi) is 11.6. The standard InChI is InChI=1S/C58H48N4O2/c1-40-15-27-48(28-16-40)60(49-29-17-41(2)18-30-49)52-35-23-44(24-36-52)56(59-46-11-7-5-8-12-46)55-54(39-63)57(62(58(55)64)47-13-9-6-10-14-47)45-25-37-53(38-26-45)61(50-31-19-42(3)20-32-50)51-33-21-43(4)22-34-51/h5-39,59H,1-4H3/b56-55+. The van der Waals surface area contributed by atoms with E-state index in [9.17, 15) is 4.79 Å². The summed E-state index contributed by atoms with van der Waals surface area (Å²) in [5, 5.41) is 3.59. The fraction of sp³-hybridized carbons (Fsp3) is 0.0690. The first kappa shape index (κ1) is 41.1. The molecule has 0 aromatic heterocycles. The molecule has 8 aromatic carbocycles. The number of carbonyl (C=O) groups excluding carboxylic acids is 2.